The first-order valence-electron chi connectivity index (χ1n) is 3.80. The van der Waals surface area contributed by atoms with Crippen molar-refractivity contribution in [2.45, 2.75) is 4.90 Å². The van der Waals surface area contributed by atoms with Crippen molar-refractivity contribution in [2.75, 3.05) is 0 Å². The van der Waals surface area contributed by atoms with E-state index in [4.69, 9.17) is 5.14 Å². The van der Waals surface area contributed by atoms with Crippen molar-refractivity contribution in [1.82, 2.24) is 25.6 Å². The van der Waals surface area contributed by atoms with Crippen LogP contribution in [0.2, 0.25) is 0 Å². The fraction of sp³-hybridized carbons (Fsp3) is 0. The topological polar surface area (TPSA) is 128 Å². The molecular weight excluding hydrogens is 220 g/mol. The summed E-state index contributed by atoms with van der Waals surface area (Å²) in [5, 5.41) is 17.7. The fourth-order valence-corrected chi connectivity index (χ4v) is 1.51. The van der Waals surface area contributed by atoms with Crippen LogP contribution in [0.4, 0.5) is 0 Å². The molecule has 2 aromatic heterocycles. The summed E-state index contributed by atoms with van der Waals surface area (Å²) in [6, 6.07) is 2.58. The van der Waals surface area contributed by atoms with Crippen molar-refractivity contribution >= 4 is 10.0 Å². The number of rotatable bonds is 2. The number of pyridine rings is 1. The minimum Gasteiger partial charge on any atom is -0.253 e. The van der Waals surface area contributed by atoms with Crippen LogP contribution in [0.25, 0.3) is 11.5 Å². The lowest BCUT2D eigenvalue weighted by Crippen LogP contribution is -2.12. The van der Waals surface area contributed by atoms with Gasteiger partial charge in [-0.3, -0.25) is 4.98 Å². The minimum absolute atomic E-state index is 0.0381. The fourth-order valence-electron chi connectivity index (χ4n) is 0.985. The summed E-state index contributed by atoms with van der Waals surface area (Å²) < 4.78 is 22.1. The number of nitrogens with two attached hydrogens (primary N) is 1. The molecule has 15 heavy (non-hydrogen) atoms. The SMILES string of the molecule is NS(=O)(=O)c1ccnc(-c2nnn[nH]2)c1. The number of nitrogens with zero attached hydrogens (tertiary/aromatic N) is 4. The molecule has 78 valence electrons. The highest BCUT2D eigenvalue weighted by Crippen LogP contribution is 2.13. The number of hydrogen-bond donors (Lipinski definition) is 2. The van der Waals surface area contributed by atoms with Crippen LogP contribution in [0.5, 0.6) is 0 Å². The minimum atomic E-state index is -3.74. The summed E-state index contributed by atoms with van der Waals surface area (Å²) in [5.41, 5.74) is 0.312. The highest BCUT2D eigenvalue weighted by atomic mass is 32.2. The monoisotopic (exact) mass is 226 g/mol. The molecule has 0 unspecified atom stereocenters. The molecule has 0 saturated carbocycles. The smallest absolute Gasteiger partial charge is 0.238 e. The standard InChI is InChI=1S/C6H6N6O2S/c7-15(13,14)4-1-2-8-5(3-4)6-9-11-12-10-6/h1-3H,(H2,7,13,14)(H,9,10,11,12). The quantitative estimate of drug-likeness (QED) is 0.669. The third-order valence-electron chi connectivity index (χ3n) is 1.65. The van der Waals surface area contributed by atoms with Gasteiger partial charge >= 0.3 is 0 Å². The van der Waals surface area contributed by atoms with Crippen molar-refractivity contribution in [3.8, 4) is 11.5 Å². The Morgan fingerprint density at radius 2 is 2.20 bits per heavy atom. The summed E-state index contributed by atoms with van der Waals surface area (Å²) >= 11 is 0. The van der Waals surface area contributed by atoms with E-state index in [1.54, 1.807) is 0 Å². The van der Waals surface area contributed by atoms with Gasteiger partial charge in [0.25, 0.3) is 0 Å². The van der Waals surface area contributed by atoms with Crippen LogP contribution in [0.1, 0.15) is 0 Å². The van der Waals surface area contributed by atoms with Crippen LogP contribution in [-0.4, -0.2) is 34.0 Å². The van der Waals surface area contributed by atoms with Crippen LogP contribution in [-0.2, 0) is 10.0 Å². The summed E-state index contributed by atoms with van der Waals surface area (Å²) in [6.07, 6.45) is 1.32. The van der Waals surface area contributed by atoms with Gasteiger partial charge in [-0.2, -0.15) is 0 Å². The molecule has 0 spiro atoms. The van der Waals surface area contributed by atoms with Crippen LogP contribution in [0.3, 0.4) is 0 Å². The van der Waals surface area contributed by atoms with E-state index in [1.807, 2.05) is 0 Å². The van der Waals surface area contributed by atoms with Gasteiger partial charge in [0.05, 0.1) is 4.90 Å². The maximum absolute atomic E-state index is 11.0. The number of H-pyrrole nitrogens is 1. The number of nitrogens with one attached hydrogen (secondary N) is 1. The van der Waals surface area contributed by atoms with E-state index >= 15 is 0 Å². The Labute approximate surface area is 84.6 Å². The Hall–Kier alpha value is -1.87. The first-order valence-corrected chi connectivity index (χ1v) is 5.35. The predicted octanol–water partition coefficient (Wildman–Crippen LogP) is -1.09. The maximum atomic E-state index is 11.0. The molecule has 8 nitrogen and oxygen atoms in total. The van der Waals surface area contributed by atoms with E-state index in [1.165, 1.54) is 18.3 Å². The molecule has 2 heterocycles. The van der Waals surface area contributed by atoms with Crippen LogP contribution >= 0.6 is 0 Å². The Kier molecular flexibility index (Phi) is 2.17. The molecule has 0 amide bonds. The van der Waals surface area contributed by atoms with Gasteiger partial charge in [-0.05, 0) is 22.6 Å². The number of hydrogen-bond acceptors (Lipinski definition) is 6. The molecule has 0 aliphatic rings. The molecule has 0 bridgehead atoms. The van der Waals surface area contributed by atoms with Gasteiger partial charge in [-0.25, -0.2) is 18.7 Å². The lowest BCUT2D eigenvalue weighted by Gasteiger charge is -1.98. The second-order valence-corrected chi connectivity index (χ2v) is 4.23. The Morgan fingerprint density at radius 3 is 2.80 bits per heavy atom. The molecule has 0 atom stereocenters. The Bertz CT molecular complexity index is 563. The van der Waals surface area contributed by atoms with Crippen molar-refractivity contribution in [2.24, 2.45) is 5.14 Å². The van der Waals surface area contributed by atoms with E-state index in [-0.39, 0.29) is 10.7 Å². The Balaban J connectivity index is 2.53. The van der Waals surface area contributed by atoms with E-state index in [9.17, 15) is 8.42 Å². The third-order valence-corrected chi connectivity index (χ3v) is 2.56. The van der Waals surface area contributed by atoms with Gasteiger partial charge in [0.1, 0.15) is 5.69 Å². The number of tetrazole rings is 1. The largest absolute Gasteiger partial charge is 0.253 e. The van der Waals surface area contributed by atoms with Gasteiger partial charge in [0.15, 0.2) is 5.82 Å². The highest BCUT2D eigenvalue weighted by Gasteiger charge is 2.11. The van der Waals surface area contributed by atoms with Crippen molar-refractivity contribution < 1.29 is 8.42 Å². The third kappa shape index (κ3) is 1.97. The zero-order chi connectivity index (χ0) is 10.9. The summed E-state index contributed by atoms with van der Waals surface area (Å²) in [5.74, 6) is 0.278. The average molecular weight is 226 g/mol. The van der Waals surface area contributed by atoms with Crippen molar-refractivity contribution in [3.05, 3.63) is 18.3 Å². The first-order chi connectivity index (χ1) is 7.07. The lowest BCUT2D eigenvalue weighted by molar-refractivity contribution is 0.597. The zero-order valence-electron chi connectivity index (χ0n) is 7.32. The number of sulfonamides is 1. The first kappa shape index (κ1) is 9.68. The van der Waals surface area contributed by atoms with Crippen LogP contribution in [0, 0.1) is 0 Å². The molecule has 3 N–H and O–H groups in total. The lowest BCUT2D eigenvalue weighted by atomic mass is 10.3. The van der Waals surface area contributed by atoms with Crippen molar-refractivity contribution in [1.29, 1.82) is 0 Å². The summed E-state index contributed by atoms with van der Waals surface area (Å²) in [7, 11) is -3.74. The number of primary sulfonamides is 1. The summed E-state index contributed by atoms with van der Waals surface area (Å²) in [6.45, 7) is 0. The second-order valence-electron chi connectivity index (χ2n) is 2.67. The Morgan fingerprint density at radius 1 is 1.40 bits per heavy atom. The highest BCUT2D eigenvalue weighted by molar-refractivity contribution is 7.89. The van der Waals surface area contributed by atoms with Gasteiger partial charge < -0.3 is 0 Å². The molecule has 9 heteroatoms. The van der Waals surface area contributed by atoms with E-state index in [0.29, 0.717) is 5.69 Å². The van der Waals surface area contributed by atoms with Gasteiger partial charge in [-0.1, -0.05) is 0 Å². The van der Waals surface area contributed by atoms with Crippen LogP contribution < -0.4 is 5.14 Å². The molecule has 0 fully saturated rings. The molecule has 0 aliphatic heterocycles. The second kappa shape index (κ2) is 3.37. The van der Waals surface area contributed by atoms with E-state index < -0.39 is 10.0 Å². The molecule has 0 aliphatic carbocycles. The average Bonchev–Trinajstić information content (AvgIpc) is 2.69. The van der Waals surface area contributed by atoms with Gasteiger partial charge in [0, 0.05) is 6.20 Å². The molecule has 2 rings (SSSR count). The molecule has 0 saturated heterocycles. The number of aromatic nitrogens is 5. The predicted molar refractivity (Wildman–Crippen MR) is 48.8 cm³/mol. The van der Waals surface area contributed by atoms with Gasteiger partial charge in [0.2, 0.25) is 10.0 Å². The molecule has 0 radical (unpaired) electrons. The van der Waals surface area contributed by atoms with Crippen molar-refractivity contribution in [3.63, 3.8) is 0 Å². The summed E-state index contributed by atoms with van der Waals surface area (Å²) in [4.78, 5) is 3.86. The molecular formula is C6H6N6O2S. The zero-order valence-corrected chi connectivity index (χ0v) is 8.14. The van der Waals surface area contributed by atoms with E-state index in [0.717, 1.165) is 0 Å². The van der Waals surface area contributed by atoms with Gasteiger partial charge in [-0.15, -0.1) is 5.10 Å². The van der Waals surface area contributed by atoms with E-state index in [2.05, 4.69) is 25.6 Å². The molecule has 2 aromatic rings. The maximum Gasteiger partial charge on any atom is 0.238 e. The normalized spacial score (nSPS) is 11.5. The van der Waals surface area contributed by atoms with Crippen LogP contribution in [0.15, 0.2) is 23.2 Å². The molecule has 0 aromatic carbocycles. The number of aromatic amines is 1.